The Kier molecular flexibility index (Phi) is 4.91. The van der Waals surface area contributed by atoms with Gasteiger partial charge in [-0.05, 0) is 6.42 Å². The normalized spacial score (nSPS) is 20.9. The molecule has 0 fully saturated rings. The number of halogens is 3. The number of amides is 2. The molecule has 1 rings (SSSR count). The van der Waals surface area contributed by atoms with Crippen molar-refractivity contribution in [1.29, 1.82) is 0 Å². The summed E-state index contributed by atoms with van der Waals surface area (Å²) in [6, 6.07) is -0.489. The number of carbonyl (C=O) groups is 2. The van der Waals surface area contributed by atoms with Crippen molar-refractivity contribution in [2.75, 3.05) is 13.1 Å². The monoisotopic (exact) mass is 300 g/mol. The van der Waals surface area contributed by atoms with E-state index >= 15 is 0 Å². The van der Waals surface area contributed by atoms with Crippen LogP contribution in [0.5, 0.6) is 0 Å². The first-order valence-corrected chi connectivity index (χ1v) is 5.96. The summed E-state index contributed by atoms with van der Waals surface area (Å²) in [6.45, 7) is 0.518. The molecule has 0 aromatic rings. The van der Waals surface area contributed by atoms with Crippen LogP contribution < -0.4 is 5.32 Å². The van der Waals surface area contributed by atoms with Gasteiger partial charge in [0, 0.05) is 13.1 Å². The van der Waals surface area contributed by atoms with E-state index in [1.54, 1.807) is 12.2 Å². The van der Waals surface area contributed by atoms with Crippen molar-refractivity contribution >= 4 is 46.8 Å². The maximum absolute atomic E-state index is 11.4. The molecule has 1 heterocycles. The van der Waals surface area contributed by atoms with Crippen LogP contribution in [0.25, 0.3) is 0 Å². The maximum atomic E-state index is 11.4. The van der Waals surface area contributed by atoms with Crippen LogP contribution in [0.2, 0.25) is 0 Å². The summed E-state index contributed by atoms with van der Waals surface area (Å²) in [5.41, 5.74) is 0. The van der Waals surface area contributed by atoms with Gasteiger partial charge in [-0.25, -0.2) is 4.79 Å². The summed E-state index contributed by atoms with van der Waals surface area (Å²) in [4.78, 5) is 23.5. The minimum Gasteiger partial charge on any atom is -0.465 e. The third-order valence-corrected chi connectivity index (χ3v) is 2.71. The number of nitrogens with one attached hydrogen (secondary N) is 1. The van der Waals surface area contributed by atoms with Gasteiger partial charge in [0.25, 0.3) is 9.70 Å². The van der Waals surface area contributed by atoms with Crippen LogP contribution in [-0.2, 0) is 4.79 Å². The molecule has 0 bridgehead atoms. The van der Waals surface area contributed by atoms with Gasteiger partial charge in [-0.3, -0.25) is 4.79 Å². The average Bonchev–Trinajstić information content (AvgIpc) is 2.41. The van der Waals surface area contributed by atoms with E-state index in [1.165, 1.54) is 4.90 Å². The fourth-order valence-corrected chi connectivity index (χ4v) is 1.56. The van der Waals surface area contributed by atoms with Gasteiger partial charge in [0.15, 0.2) is 0 Å². The van der Waals surface area contributed by atoms with Crippen molar-refractivity contribution < 1.29 is 14.7 Å². The molecule has 0 unspecified atom stereocenters. The summed E-state index contributed by atoms with van der Waals surface area (Å²) in [5, 5.41) is 11.3. The third kappa shape index (κ3) is 4.61. The Morgan fingerprint density at radius 1 is 1.41 bits per heavy atom. The zero-order valence-electron chi connectivity index (χ0n) is 8.70. The number of alkyl halides is 3. The van der Waals surface area contributed by atoms with E-state index in [0.717, 1.165) is 0 Å². The maximum Gasteiger partial charge on any atom is 0.407 e. The Morgan fingerprint density at radius 3 is 2.59 bits per heavy atom. The van der Waals surface area contributed by atoms with Gasteiger partial charge >= 0.3 is 6.09 Å². The highest BCUT2D eigenvalue weighted by Crippen LogP contribution is 2.26. The molecule has 0 radical (unpaired) electrons. The molecule has 1 aliphatic rings. The smallest absolute Gasteiger partial charge is 0.407 e. The lowest BCUT2D eigenvalue weighted by Gasteiger charge is -2.23. The van der Waals surface area contributed by atoms with Gasteiger partial charge in [-0.2, -0.15) is 0 Å². The first-order valence-electron chi connectivity index (χ1n) is 4.83. The molecule has 0 saturated carbocycles. The third-order valence-electron chi connectivity index (χ3n) is 2.20. The van der Waals surface area contributed by atoms with Crippen molar-refractivity contribution in [3.8, 4) is 0 Å². The summed E-state index contributed by atoms with van der Waals surface area (Å²) in [5.74, 6) is -0.774. The molecule has 8 heteroatoms. The molecule has 5 nitrogen and oxygen atoms in total. The first-order chi connectivity index (χ1) is 7.80. The summed E-state index contributed by atoms with van der Waals surface area (Å²) in [6.07, 6.45) is 3.03. The molecule has 17 heavy (non-hydrogen) atoms. The first kappa shape index (κ1) is 14.4. The van der Waals surface area contributed by atoms with Crippen LogP contribution in [0.1, 0.15) is 6.42 Å². The van der Waals surface area contributed by atoms with Crippen molar-refractivity contribution in [3.63, 3.8) is 0 Å². The van der Waals surface area contributed by atoms with E-state index in [-0.39, 0.29) is 6.54 Å². The van der Waals surface area contributed by atoms with Gasteiger partial charge < -0.3 is 15.3 Å². The van der Waals surface area contributed by atoms with E-state index in [9.17, 15) is 9.59 Å². The molecule has 96 valence electrons. The molecule has 0 spiro atoms. The number of nitrogens with zero attached hydrogens (tertiary/aromatic N) is 1. The SMILES string of the molecule is O=C(O)N1CCC=C[C@@H](NC(=O)C(Cl)(Cl)Cl)C1. The molecule has 2 amide bonds. The Balaban J connectivity index is 2.63. The lowest BCUT2D eigenvalue weighted by molar-refractivity contribution is -0.120. The minimum atomic E-state index is -2.05. The van der Waals surface area contributed by atoms with Gasteiger partial charge in [-0.1, -0.05) is 47.0 Å². The highest BCUT2D eigenvalue weighted by Gasteiger charge is 2.32. The Morgan fingerprint density at radius 2 is 2.06 bits per heavy atom. The molecule has 1 atom stereocenters. The van der Waals surface area contributed by atoms with Gasteiger partial charge in [0.05, 0.1) is 6.04 Å². The van der Waals surface area contributed by atoms with E-state index in [0.29, 0.717) is 13.0 Å². The fourth-order valence-electron chi connectivity index (χ4n) is 1.40. The lowest BCUT2D eigenvalue weighted by atomic mass is 10.2. The predicted octanol–water partition coefficient (Wildman–Crippen LogP) is 1.78. The van der Waals surface area contributed by atoms with Gasteiger partial charge in [0.1, 0.15) is 0 Å². The molecule has 2 N–H and O–H groups in total. The molecule has 0 aliphatic carbocycles. The summed E-state index contributed by atoms with van der Waals surface area (Å²) < 4.78 is -2.05. The zero-order valence-corrected chi connectivity index (χ0v) is 11.0. The number of rotatable bonds is 1. The molecular weight excluding hydrogens is 290 g/mol. The van der Waals surface area contributed by atoms with E-state index < -0.39 is 21.8 Å². The van der Waals surface area contributed by atoms with E-state index in [2.05, 4.69) is 5.32 Å². The van der Waals surface area contributed by atoms with Crippen molar-refractivity contribution in [2.45, 2.75) is 16.3 Å². The van der Waals surface area contributed by atoms with E-state index in [1.807, 2.05) is 0 Å². The van der Waals surface area contributed by atoms with Crippen LogP contribution in [0, 0.1) is 0 Å². The minimum absolute atomic E-state index is 0.137. The van der Waals surface area contributed by atoms with Crippen LogP contribution in [0.15, 0.2) is 12.2 Å². The van der Waals surface area contributed by atoms with Gasteiger partial charge in [0.2, 0.25) is 0 Å². The second-order valence-electron chi connectivity index (χ2n) is 3.52. The van der Waals surface area contributed by atoms with Crippen molar-refractivity contribution in [2.24, 2.45) is 0 Å². The Bertz CT molecular complexity index is 341. The Labute approximate surface area is 113 Å². The highest BCUT2D eigenvalue weighted by molar-refractivity contribution is 6.76. The standard InChI is InChI=1S/C9H11Cl3N2O3/c10-9(11,12)7(15)13-6-3-1-2-4-14(5-6)8(16)17/h1,3,6H,2,4-5H2,(H,13,15)(H,16,17)/t6-/m1/s1. The van der Waals surface area contributed by atoms with Crippen molar-refractivity contribution in [3.05, 3.63) is 12.2 Å². The lowest BCUT2D eigenvalue weighted by Crippen LogP contribution is -2.47. The second kappa shape index (κ2) is 5.80. The largest absolute Gasteiger partial charge is 0.465 e. The number of carboxylic acid groups (broad SMARTS) is 1. The van der Waals surface area contributed by atoms with E-state index in [4.69, 9.17) is 39.9 Å². The van der Waals surface area contributed by atoms with Crippen LogP contribution in [0.4, 0.5) is 4.79 Å². The Hall–Kier alpha value is -0.650. The number of carbonyl (C=O) groups excluding carboxylic acids is 1. The average molecular weight is 302 g/mol. The molecule has 0 aromatic heterocycles. The van der Waals surface area contributed by atoms with Crippen LogP contribution in [-0.4, -0.2) is 44.9 Å². The molecule has 0 aromatic carbocycles. The topological polar surface area (TPSA) is 69.6 Å². The second-order valence-corrected chi connectivity index (χ2v) is 5.80. The summed E-state index contributed by atoms with van der Waals surface area (Å²) in [7, 11) is 0. The fraction of sp³-hybridized carbons (Fsp3) is 0.556. The molecular formula is C9H11Cl3N2O3. The van der Waals surface area contributed by atoms with Crippen molar-refractivity contribution in [1.82, 2.24) is 10.2 Å². The molecule has 0 saturated heterocycles. The van der Waals surface area contributed by atoms with Crippen LogP contribution in [0.3, 0.4) is 0 Å². The van der Waals surface area contributed by atoms with Gasteiger partial charge in [-0.15, -0.1) is 0 Å². The highest BCUT2D eigenvalue weighted by atomic mass is 35.6. The predicted molar refractivity (Wildman–Crippen MR) is 65.6 cm³/mol. The zero-order chi connectivity index (χ0) is 13.1. The number of hydrogen-bond donors (Lipinski definition) is 2. The summed E-state index contributed by atoms with van der Waals surface area (Å²) >= 11 is 16.2. The quantitative estimate of drug-likeness (QED) is 0.573. The van der Waals surface area contributed by atoms with Crippen LogP contribution >= 0.6 is 34.8 Å². The number of hydrogen-bond acceptors (Lipinski definition) is 2. The molecule has 1 aliphatic heterocycles.